The first kappa shape index (κ1) is 24.5. The molecule has 0 aliphatic rings. The highest BCUT2D eigenvalue weighted by molar-refractivity contribution is 7.85. The average molecular weight is 483 g/mol. The fourth-order valence-corrected chi connectivity index (χ4v) is 3.59. The summed E-state index contributed by atoms with van der Waals surface area (Å²) in [6, 6.07) is 13.2. The molecule has 3 aromatic rings. The summed E-state index contributed by atoms with van der Waals surface area (Å²) in [6.07, 6.45) is 1.03. The molecule has 0 N–H and O–H groups in total. The maximum atomic E-state index is 14.1. The second-order valence-corrected chi connectivity index (χ2v) is 8.60. The molecule has 33 heavy (non-hydrogen) atoms. The molecule has 0 spiro atoms. The van der Waals surface area contributed by atoms with Crippen LogP contribution in [0.15, 0.2) is 53.4 Å². The Bertz CT molecular complexity index is 1210. The highest BCUT2D eigenvalue weighted by Gasteiger charge is 2.30. The molecule has 0 aromatic heterocycles. The number of rotatable bonds is 8. The second kappa shape index (κ2) is 9.80. The molecule has 0 aliphatic carbocycles. The lowest BCUT2D eigenvalue weighted by molar-refractivity contribution is 0.305. The van der Waals surface area contributed by atoms with Crippen molar-refractivity contribution in [3.8, 4) is 17.2 Å². The normalized spacial score (nSPS) is 12.5. The summed E-state index contributed by atoms with van der Waals surface area (Å²) in [6.45, 7) is 4.50. The lowest BCUT2D eigenvalue weighted by Crippen LogP contribution is -2.11. The van der Waals surface area contributed by atoms with Crippen molar-refractivity contribution in [2.75, 3.05) is 0 Å². The van der Waals surface area contributed by atoms with Gasteiger partial charge in [-0.15, -0.1) is 0 Å². The molecular formula is C23H19F4O5S-. The molecule has 0 aliphatic heterocycles. The third-order valence-corrected chi connectivity index (χ3v) is 5.90. The van der Waals surface area contributed by atoms with Gasteiger partial charge in [0.2, 0.25) is 17.4 Å². The summed E-state index contributed by atoms with van der Waals surface area (Å²) in [4.78, 5) is -2.24. The minimum Gasteiger partial charge on any atom is -0.744 e. The highest BCUT2D eigenvalue weighted by atomic mass is 32.2. The van der Waals surface area contributed by atoms with E-state index in [0.29, 0.717) is 11.7 Å². The summed E-state index contributed by atoms with van der Waals surface area (Å²) < 4.78 is 99.0. The molecule has 0 bridgehead atoms. The molecule has 10 heteroatoms. The number of hydrogen-bond donors (Lipinski definition) is 0. The standard InChI is InChI=1S/C23H20F4O5S/c1-3-13(2)15-6-4-14(5-7-15)12-31-16-8-10-17(11-9-16)32-22-18(24)20(26)23(33(28,29)30)21(27)19(22)25/h4-11,13H,3,12H2,1-2H3,(H,28,29,30)/p-1. The molecule has 0 saturated heterocycles. The summed E-state index contributed by atoms with van der Waals surface area (Å²) in [5.41, 5.74) is 2.14. The molecule has 3 rings (SSSR count). The van der Waals surface area contributed by atoms with E-state index in [1.54, 1.807) is 0 Å². The van der Waals surface area contributed by atoms with Crippen LogP contribution in [0.1, 0.15) is 37.3 Å². The van der Waals surface area contributed by atoms with E-state index in [1.807, 2.05) is 24.3 Å². The molecule has 0 fully saturated rings. The Kier molecular flexibility index (Phi) is 7.28. The molecule has 1 atom stereocenters. The monoisotopic (exact) mass is 483 g/mol. The van der Waals surface area contributed by atoms with Crippen LogP contribution in [0.3, 0.4) is 0 Å². The third-order valence-electron chi connectivity index (χ3n) is 5.04. The van der Waals surface area contributed by atoms with E-state index in [4.69, 9.17) is 9.47 Å². The zero-order valence-corrected chi connectivity index (χ0v) is 18.4. The van der Waals surface area contributed by atoms with Crippen molar-refractivity contribution in [1.29, 1.82) is 0 Å². The second-order valence-electron chi connectivity index (χ2n) is 7.28. The van der Waals surface area contributed by atoms with Crippen LogP contribution in [-0.2, 0) is 16.7 Å². The van der Waals surface area contributed by atoms with Gasteiger partial charge in [0, 0.05) is 0 Å². The predicted molar refractivity (Wildman–Crippen MR) is 110 cm³/mol. The van der Waals surface area contributed by atoms with Crippen LogP contribution >= 0.6 is 0 Å². The van der Waals surface area contributed by atoms with Gasteiger partial charge < -0.3 is 14.0 Å². The van der Waals surface area contributed by atoms with Crippen LogP contribution in [0.4, 0.5) is 17.6 Å². The zero-order valence-electron chi connectivity index (χ0n) is 17.6. The van der Waals surface area contributed by atoms with Gasteiger partial charge in [-0.25, -0.2) is 17.2 Å². The quantitative estimate of drug-likeness (QED) is 0.222. The topological polar surface area (TPSA) is 75.7 Å². The molecular weight excluding hydrogens is 464 g/mol. The minimum absolute atomic E-state index is 0.213. The molecule has 0 heterocycles. The Balaban J connectivity index is 1.72. The molecule has 1 unspecified atom stereocenters. The minimum atomic E-state index is -5.79. The fraction of sp³-hybridized carbons (Fsp3) is 0.217. The molecule has 5 nitrogen and oxygen atoms in total. The largest absolute Gasteiger partial charge is 0.744 e. The van der Waals surface area contributed by atoms with Crippen LogP contribution in [0.25, 0.3) is 0 Å². The fourth-order valence-electron chi connectivity index (χ4n) is 2.97. The van der Waals surface area contributed by atoms with Gasteiger partial charge in [-0.3, -0.25) is 0 Å². The van der Waals surface area contributed by atoms with E-state index < -0.39 is 44.0 Å². The Hall–Kier alpha value is -3.11. The van der Waals surface area contributed by atoms with Crippen molar-refractivity contribution in [2.45, 2.75) is 37.7 Å². The molecule has 0 saturated carbocycles. The van der Waals surface area contributed by atoms with Crippen LogP contribution in [0.2, 0.25) is 0 Å². The van der Waals surface area contributed by atoms with Crippen LogP contribution in [0.5, 0.6) is 17.2 Å². The molecule has 0 radical (unpaired) electrons. The van der Waals surface area contributed by atoms with Crippen molar-refractivity contribution < 1.29 is 40.0 Å². The first-order valence-electron chi connectivity index (χ1n) is 9.84. The third kappa shape index (κ3) is 5.45. The maximum absolute atomic E-state index is 14.1. The van der Waals surface area contributed by atoms with E-state index in [2.05, 4.69) is 13.8 Å². The van der Waals surface area contributed by atoms with Gasteiger partial charge in [-0.05, 0) is 47.7 Å². The highest BCUT2D eigenvalue weighted by Crippen LogP contribution is 2.35. The number of halogens is 4. The lowest BCUT2D eigenvalue weighted by Gasteiger charge is -2.15. The van der Waals surface area contributed by atoms with Crippen LogP contribution in [-0.4, -0.2) is 13.0 Å². The summed E-state index contributed by atoms with van der Waals surface area (Å²) in [5, 5.41) is 0. The molecule has 0 amide bonds. The van der Waals surface area contributed by atoms with Crippen molar-refractivity contribution in [2.24, 2.45) is 0 Å². The summed E-state index contributed by atoms with van der Waals surface area (Å²) >= 11 is 0. The van der Waals surface area contributed by atoms with Crippen molar-refractivity contribution in [3.05, 3.63) is 82.9 Å². The Labute approximate surface area is 188 Å². The van der Waals surface area contributed by atoms with Gasteiger partial charge in [0.15, 0.2) is 11.6 Å². The van der Waals surface area contributed by atoms with Gasteiger partial charge >= 0.3 is 0 Å². The van der Waals surface area contributed by atoms with Crippen LogP contribution < -0.4 is 9.47 Å². The van der Waals surface area contributed by atoms with E-state index in [-0.39, 0.29) is 12.4 Å². The lowest BCUT2D eigenvalue weighted by atomic mass is 9.98. The molecule has 3 aromatic carbocycles. The first-order valence-corrected chi connectivity index (χ1v) is 11.2. The van der Waals surface area contributed by atoms with Crippen molar-refractivity contribution in [3.63, 3.8) is 0 Å². The van der Waals surface area contributed by atoms with E-state index in [9.17, 15) is 30.5 Å². The maximum Gasteiger partial charge on any atom is 0.205 e. The number of benzene rings is 3. The Morgan fingerprint density at radius 2 is 1.36 bits per heavy atom. The van der Waals surface area contributed by atoms with E-state index in [0.717, 1.165) is 12.0 Å². The number of hydrogen-bond acceptors (Lipinski definition) is 5. The van der Waals surface area contributed by atoms with Crippen molar-refractivity contribution in [1.82, 2.24) is 0 Å². The Morgan fingerprint density at radius 1 is 0.848 bits per heavy atom. The summed E-state index contributed by atoms with van der Waals surface area (Å²) in [5.74, 6) is -9.92. The van der Waals surface area contributed by atoms with Gasteiger partial charge in [-0.2, -0.15) is 8.78 Å². The summed E-state index contributed by atoms with van der Waals surface area (Å²) in [7, 11) is -5.79. The van der Waals surface area contributed by atoms with Gasteiger partial charge in [0.25, 0.3) is 0 Å². The Morgan fingerprint density at radius 3 is 1.85 bits per heavy atom. The van der Waals surface area contributed by atoms with Crippen LogP contribution in [0, 0.1) is 23.3 Å². The average Bonchev–Trinajstić information content (AvgIpc) is 2.79. The van der Waals surface area contributed by atoms with Crippen molar-refractivity contribution >= 4 is 10.1 Å². The van der Waals surface area contributed by atoms with E-state index in [1.165, 1.54) is 29.8 Å². The van der Waals surface area contributed by atoms with Gasteiger partial charge in [0.1, 0.15) is 33.1 Å². The SMILES string of the molecule is CCC(C)c1ccc(COc2ccc(Oc3c(F)c(F)c(S(=O)(=O)[O-])c(F)c3F)cc2)cc1. The smallest absolute Gasteiger partial charge is 0.205 e. The van der Waals surface area contributed by atoms with E-state index >= 15 is 0 Å². The van der Waals surface area contributed by atoms with Gasteiger partial charge in [0.05, 0.1) is 0 Å². The van der Waals surface area contributed by atoms with Gasteiger partial charge in [-0.1, -0.05) is 38.1 Å². The zero-order chi connectivity index (χ0) is 24.3. The first-order chi connectivity index (χ1) is 15.5. The number of ether oxygens (including phenoxy) is 2. The molecule has 176 valence electrons. The predicted octanol–water partition coefficient (Wildman–Crippen LogP) is 6.03.